The van der Waals surface area contributed by atoms with Crippen molar-refractivity contribution in [2.24, 2.45) is 0 Å². The summed E-state index contributed by atoms with van der Waals surface area (Å²) in [6.45, 7) is 2.38. The van der Waals surface area contributed by atoms with Crippen LogP contribution in [0.4, 0.5) is 4.39 Å². The fraction of sp³-hybridized carbons (Fsp3) is 0.296. The van der Waals surface area contributed by atoms with Crippen molar-refractivity contribution in [1.29, 1.82) is 0 Å². The largest absolute Gasteiger partial charge is 0.491 e. The number of likely N-dealkylation sites (tertiary alicyclic amines) is 1. The molecule has 9 heteroatoms. The van der Waals surface area contributed by atoms with Gasteiger partial charge in [0, 0.05) is 35.7 Å². The van der Waals surface area contributed by atoms with Crippen LogP contribution in [-0.2, 0) is 0 Å². The summed E-state index contributed by atoms with van der Waals surface area (Å²) in [5.41, 5.74) is 3.43. The van der Waals surface area contributed by atoms with E-state index in [0.29, 0.717) is 29.3 Å². The first kappa shape index (κ1) is 22.6. The Bertz CT molecular complexity index is 1490. The number of ether oxygens (including phenoxy) is 1. The number of β-amino-alcohol motifs (C(OH)–C–C–N with tert-alkyl or cyclic N) is 1. The summed E-state index contributed by atoms with van der Waals surface area (Å²) in [7, 11) is 0. The molecular formula is C27H25FN4O4. The van der Waals surface area contributed by atoms with Crippen molar-refractivity contribution in [1.82, 2.24) is 20.2 Å². The minimum Gasteiger partial charge on any atom is -0.491 e. The van der Waals surface area contributed by atoms with Crippen LogP contribution in [-0.4, -0.2) is 57.6 Å². The van der Waals surface area contributed by atoms with E-state index in [9.17, 15) is 9.50 Å². The Morgan fingerprint density at radius 3 is 2.81 bits per heavy atom. The van der Waals surface area contributed by atoms with Crippen LogP contribution in [0.25, 0.3) is 33.3 Å². The third-order valence-corrected chi connectivity index (χ3v) is 6.70. The Kier molecular flexibility index (Phi) is 6.08. The third kappa shape index (κ3) is 4.55. The van der Waals surface area contributed by atoms with Gasteiger partial charge in [0.1, 0.15) is 30.0 Å². The Balaban J connectivity index is 1.03. The van der Waals surface area contributed by atoms with Gasteiger partial charge in [0.15, 0.2) is 5.58 Å². The number of benzene rings is 2. The highest BCUT2D eigenvalue weighted by Gasteiger charge is 2.26. The zero-order chi connectivity index (χ0) is 24.5. The molecule has 1 aliphatic heterocycles. The van der Waals surface area contributed by atoms with Crippen LogP contribution < -0.4 is 4.74 Å². The molecule has 0 bridgehead atoms. The van der Waals surface area contributed by atoms with E-state index in [-0.39, 0.29) is 18.3 Å². The molecule has 2 aromatic carbocycles. The highest BCUT2D eigenvalue weighted by atomic mass is 19.1. The lowest BCUT2D eigenvalue weighted by atomic mass is 9.91. The molecule has 1 unspecified atom stereocenters. The van der Waals surface area contributed by atoms with Gasteiger partial charge in [-0.2, -0.15) is 0 Å². The molecule has 1 atom stereocenters. The maximum atomic E-state index is 13.4. The zero-order valence-electron chi connectivity index (χ0n) is 19.5. The molecule has 8 nitrogen and oxygen atoms in total. The first-order chi connectivity index (χ1) is 17.6. The van der Waals surface area contributed by atoms with E-state index < -0.39 is 6.10 Å². The summed E-state index contributed by atoms with van der Waals surface area (Å²) < 4.78 is 30.0. The Hall–Kier alpha value is -3.82. The molecule has 1 fully saturated rings. The number of rotatable bonds is 7. The van der Waals surface area contributed by atoms with Gasteiger partial charge in [-0.1, -0.05) is 22.4 Å². The van der Waals surface area contributed by atoms with Gasteiger partial charge in [0.05, 0.1) is 11.1 Å². The van der Waals surface area contributed by atoms with Crippen molar-refractivity contribution < 1.29 is 23.3 Å². The number of aliphatic hydroxyl groups excluding tert-OH is 1. The molecule has 1 aliphatic rings. The number of aromatic nitrogens is 3. The monoisotopic (exact) mass is 488 g/mol. The summed E-state index contributed by atoms with van der Waals surface area (Å²) in [6, 6.07) is 15.9. The van der Waals surface area contributed by atoms with Gasteiger partial charge in [0.2, 0.25) is 0 Å². The Morgan fingerprint density at radius 1 is 1.03 bits per heavy atom. The lowest BCUT2D eigenvalue weighted by Gasteiger charge is -2.32. The van der Waals surface area contributed by atoms with Crippen LogP contribution in [0, 0.1) is 5.82 Å². The molecule has 4 heterocycles. The SMILES string of the molecule is OC(COc1cccc(-c2noc3ncccc23)c1)CN1CCC(c2noc3cc(F)ccc23)CC1. The quantitative estimate of drug-likeness (QED) is 0.349. The molecule has 6 rings (SSSR count). The smallest absolute Gasteiger partial charge is 0.258 e. The van der Waals surface area contributed by atoms with Crippen LogP contribution in [0.3, 0.4) is 0 Å². The maximum absolute atomic E-state index is 13.4. The molecular weight excluding hydrogens is 463 g/mol. The van der Waals surface area contributed by atoms with Gasteiger partial charge < -0.3 is 23.8 Å². The van der Waals surface area contributed by atoms with E-state index in [2.05, 4.69) is 20.2 Å². The number of hydrogen-bond acceptors (Lipinski definition) is 8. The van der Waals surface area contributed by atoms with Crippen LogP contribution in [0.5, 0.6) is 5.75 Å². The highest BCUT2D eigenvalue weighted by molar-refractivity contribution is 5.89. The van der Waals surface area contributed by atoms with Gasteiger partial charge in [-0.25, -0.2) is 9.37 Å². The lowest BCUT2D eigenvalue weighted by Crippen LogP contribution is -2.40. The van der Waals surface area contributed by atoms with Crippen molar-refractivity contribution in [2.45, 2.75) is 24.9 Å². The molecule has 0 spiro atoms. The Morgan fingerprint density at radius 2 is 1.92 bits per heavy atom. The van der Waals surface area contributed by atoms with Gasteiger partial charge in [0.25, 0.3) is 5.71 Å². The second kappa shape index (κ2) is 9.67. The van der Waals surface area contributed by atoms with Gasteiger partial charge in [-0.05, 0) is 62.3 Å². The number of hydrogen-bond donors (Lipinski definition) is 1. The molecule has 1 N–H and O–H groups in total. The molecule has 0 aliphatic carbocycles. The number of nitrogens with zero attached hydrogens (tertiary/aromatic N) is 4. The predicted molar refractivity (Wildman–Crippen MR) is 131 cm³/mol. The van der Waals surface area contributed by atoms with E-state index in [1.165, 1.54) is 12.1 Å². The number of piperidine rings is 1. The highest BCUT2D eigenvalue weighted by Crippen LogP contribution is 2.33. The molecule has 0 amide bonds. The number of pyridine rings is 1. The van der Waals surface area contributed by atoms with Gasteiger partial charge in [-0.15, -0.1) is 0 Å². The van der Waals surface area contributed by atoms with Crippen molar-refractivity contribution in [3.05, 3.63) is 72.3 Å². The molecule has 36 heavy (non-hydrogen) atoms. The summed E-state index contributed by atoms with van der Waals surface area (Å²) in [6.07, 6.45) is 2.84. The average Bonchev–Trinajstić information content (AvgIpc) is 3.52. The van der Waals surface area contributed by atoms with Crippen molar-refractivity contribution in [2.75, 3.05) is 26.2 Å². The minimum atomic E-state index is -0.627. The van der Waals surface area contributed by atoms with Gasteiger partial charge in [-0.3, -0.25) is 0 Å². The lowest BCUT2D eigenvalue weighted by molar-refractivity contribution is 0.0592. The normalized spacial score (nSPS) is 16.1. The molecule has 3 aromatic heterocycles. The summed E-state index contributed by atoms with van der Waals surface area (Å²) in [5, 5.41) is 20.7. The number of fused-ring (bicyclic) bond motifs is 2. The Labute approximate surface area is 206 Å². The topological polar surface area (TPSA) is 97.6 Å². The predicted octanol–water partition coefficient (Wildman–Crippen LogP) is 4.79. The fourth-order valence-electron chi connectivity index (χ4n) is 4.88. The van der Waals surface area contributed by atoms with E-state index in [1.54, 1.807) is 12.3 Å². The van der Waals surface area contributed by atoms with E-state index >= 15 is 0 Å². The number of halogens is 1. The molecule has 5 aromatic rings. The van der Waals surface area contributed by atoms with Crippen molar-refractivity contribution in [3.63, 3.8) is 0 Å². The summed E-state index contributed by atoms with van der Waals surface area (Å²) in [4.78, 5) is 6.41. The van der Waals surface area contributed by atoms with Gasteiger partial charge >= 0.3 is 0 Å². The van der Waals surface area contributed by atoms with E-state index in [1.807, 2.05) is 36.4 Å². The standard InChI is InChI=1S/C27H25FN4O4/c28-19-6-7-22-24(14-19)35-30-25(22)17-8-11-32(12-9-17)15-20(33)16-34-21-4-1-3-18(13-21)26-23-5-2-10-29-27(23)36-31-26/h1-7,10,13-14,17,20,33H,8-9,11-12,15-16H2. The van der Waals surface area contributed by atoms with Crippen LogP contribution >= 0.6 is 0 Å². The summed E-state index contributed by atoms with van der Waals surface area (Å²) >= 11 is 0. The maximum Gasteiger partial charge on any atom is 0.258 e. The molecule has 0 saturated carbocycles. The average molecular weight is 489 g/mol. The third-order valence-electron chi connectivity index (χ3n) is 6.70. The second-order valence-corrected chi connectivity index (χ2v) is 9.16. The number of aliphatic hydroxyl groups is 1. The van der Waals surface area contributed by atoms with Crippen LogP contribution in [0.15, 0.2) is 69.8 Å². The fourth-order valence-corrected chi connectivity index (χ4v) is 4.88. The minimum absolute atomic E-state index is 0.185. The van der Waals surface area contributed by atoms with Crippen molar-refractivity contribution in [3.8, 4) is 17.0 Å². The van der Waals surface area contributed by atoms with Crippen LogP contribution in [0.2, 0.25) is 0 Å². The van der Waals surface area contributed by atoms with E-state index in [0.717, 1.165) is 48.0 Å². The van der Waals surface area contributed by atoms with Crippen molar-refractivity contribution >= 4 is 22.1 Å². The summed E-state index contributed by atoms with van der Waals surface area (Å²) in [5.74, 6) is 0.582. The molecule has 184 valence electrons. The first-order valence-electron chi connectivity index (χ1n) is 12.0. The zero-order valence-corrected chi connectivity index (χ0v) is 19.5. The molecule has 1 saturated heterocycles. The van der Waals surface area contributed by atoms with Crippen LogP contribution in [0.1, 0.15) is 24.5 Å². The first-order valence-corrected chi connectivity index (χ1v) is 12.0. The second-order valence-electron chi connectivity index (χ2n) is 9.16. The molecule has 0 radical (unpaired) electrons. The van der Waals surface area contributed by atoms with E-state index in [4.69, 9.17) is 13.8 Å².